The minimum atomic E-state index is -0.0919. The summed E-state index contributed by atoms with van der Waals surface area (Å²) >= 11 is 1.42. The zero-order valence-corrected chi connectivity index (χ0v) is 21.4. The number of rotatable bonds is 6. The van der Waals surface area contributed by atoms with Crippen LogP contribution in [0.4, 0.5) is 5.13 Å². The van der Waals surface area contributed by atoms with Gasteiger partial charge in [-0.1, -0.05) is 55.5 Å². The van der Waals surface area contributed by atoms with Crippen molar-refractivity contribution in [2.75, 3.05) is 18.1 Å². The van der Waals surface area contributed by atoms with Crippen molar-refractivity contribution in [2.24, 2.45) is 0 Å². The molecule has 34 heavy (non-hydrogen) atoms. The van der Waals surface area contributed by atoms with Crippen molar-refractivity contribution < 1.29 is 14.7 Å². The van der Waals surface area contributed by atoms with E-state index in [1.54, 1.807) is 6.07 Å². The Bertz CT molecular complexity index is 1030. The molecular weight excluding hydrogens is 468 g/mol. The fourth-order valence-electron chi connectivity index (χ4n) is 3.18. The normalized spacial score (nSPS) is 14.0. The maximum atomic E-state index is 11.3. The lowest BCUT2D eigenvalue weighted by atomic mass is 9.98. The number of aromatic nitrogens is 2. The fourth-order valence-corrected chi connectivity index (χ4v) is 4.42. The van der Waals surface area contributed by atoms with Crippen LogP contribution in [-0.2, 0) is 4.79 Å². The van der Waals surface area contributed by atoms with Gasteiger partial charge >= 0.3 is 0 Å². The van der Waals surface area contributed by atoms with Crippen molar-refractivity contribution in [2.45, 2.75) is 45.1 Å². The van der Waals surface area contributed by atoms with Crippen molar-refractivity contribution in [1.29, 1.82) is 0 Å². The zero-order chi connectivity index (χ0) is 24.8. The molecule has 0 bridgehead atoms. The van der Waals surface area contributed by atoms with Crippen LogP contribution in [0.1, 0.15) is 49.4 Å². The molecule has 2 amide bonds. The highest BCUT2D eigenvalue weighted by molar-refractivity contribution is 8.12. The largest absolute Gasteiger partial charge is 0.393 e. The van der Waals surface area contributed by atoms with E-state index in [2.05, 4.69) is 21.5 Å². The zero-order valence-electron chi connectivity index (χ0n) is 19.8. The summed E-state index contributed by atoms with van der Waals surface area (Å²) in [6, 6.07) is 11.7. The number of nitrogens with one attached hydrogen (secondary N) is 2. The summed E-state index contributed by atoms with van der Waals surface area (Å²) in [5.74, 6) is 3.86. The molecule has 0 saturated heterocycles. The number of hydrogen-bond acceptors (Lipinski definition) is 5. The minimum absolute atomic E-state index is 0.0216. The predicted molar refractivity (Wildman–Crippen MR) is 145 cm³/mol. The van der Waals surface area contributed by atoms with Gasteiger partial charge < -0.3 is 19.7 Å². The van der Waals surface area contributed by atoms with Crippen molar-refractivity contribution >= 4 is 45.3 Å². The van der Waals surface area contributed by atoms with Crippen LogP contribution in [0.2, 0.25) is 0 Å². The van der Waals surface area contributed by atoms with E-state index in [-0.39, 0.29) is 22.7 Å². The Labute approximate surface area is 208 Å². The third kappa shape index (κ3) is 9.62. The Morgan fingerprint density at radius 2 is 1.97 bits per heavy atom. The average Bonchev–Trinajstić information content (AvgIpc) is 3.52. The van der Waals surface area contributed by atoms with Crippen molar-refractivity contribution in [3.05, 3.63) is 59.7 Å². The number of anilines is 1. The van der Waals surface area contributed by atoms with Gasteiger partial charge in [0.05, 0.1) is 17.4 Å². The second kappa shape index (κ2) is 15.2. The molecular formula is C25H34N4O3S2. The van der Waals surface area contributed by atoms with E-state index in [1.165, 1.54) is 30.6 Å². The first-order chi connectivity index (χ1) is 16.4. The predicted octanol–water partition coefficient (Wildman–Crippen LogP) is 5.02. The smallest absolute Gasteiger partial charge is 0.252 e. The van der Waals surface area contributed by atoms with Gasteiger partial charge in [0.25, 0.3) is 5.91 Å². The third-order valence-corrected chi connectivity index (χ3v) is 6.68. The van der Waals surface area contributed by atoms with E-state index >= 15 is 0 Å². The number of aliphatic hydroxyl groups excluding tert-OH is 1. The van der Waals surface area contributed by atoms with Crippen LogP contribution in [0.5, 0.6) is 0 Å². The summed E-state index contributed by atoms with van der Waals surface area (Å²) in [5.41, 5.74) is 2.65. The number of benzene rings is 1. The molecule has 3 aromatic rings. The van der Waals surface area contributed by atoms with E-state index in [1.807, 2.05) is 65.3 Å². The number of thiazole rings is 1. The van der Waals surface area contributed by atoms with Crippen LogP contribution in [0.3, 0.4) is 0 Å². The molecule has 0 spiro atoms. The monoisotopic (exact) mass is 502 g/mol. The van der Waals surface area contributed by atoms with Crippen LogP contribution >= 0.6 is 22.0 Å². The number of amides is 2. The van der Waals surface area contributed by atoms with Gasteiger partial charge in [-0.2, -0.15) is 0 Å². The summed E-state index contributed by atoms with van der Waals surface area (Å²) in [7, 11) is -0.0919. The first-order valence-electron chi connectivity index (χ1n) is 11.3. The lowest BCUT2D eigenvalue weighted by molar-refractivity contribution is -0.105. The summed E-state index contributed by atoms with van der Waals surface area (Å²) in [6.45, 7) is 2.56. The van der Waals surface area contributed by atoms with Gasteiger partial charge in [-0.3, -0.25) is 9.59 Å². The topological polar surface area (TPSA) is 96.3 Å². The lowest BCUT2D eigenvalue weighted by Crippen LogP contribution is -2.21. The Morgan fingerprint density at radius 3 is 2.50 bits per heavy atom. The molecule has 1 unspecified atom stereocenters. The number of hydrogen-bond donors (Lipinski definition) is 3. The highest BCUT2D eigenvalue weighted by Gasteiger charge is 2.08. The number of carbonyl (C=O) groups is 2. The van der Waals surface area contributed by atoms with Gasteiger partial charge in [0.1, 0.15) is 0 Å². The van der Waals surface area contributed by atoms with Crippen molar-refractivity contribution in [3.63, 3.8) is 0 Å². The number of carbonyl (C=O) groups excluding carboxylic acids is 2. The van der Waals surface area contributed by atoms with Gasteiger partial charge in [0, 0.05) is 29.9 Å². The SMILES string of the molecule is C=S(C)n1ccc(C(=O)NCC)c1.O=CNc1nc(-c2ccccc2)cs1.OC1CCCCC1. The molecule has 1 aromatic carbocycles. The quantitative estimate of drug-likeness (QED) is 0.326. The molecule has 2 heterocycles. The molecule has 4 rings (SSSR count). The van der Waals surface area contributed by atoms with Gasteiger partial charge in [-0.05, 0) is 32.1 Å². The van der Waals surface area contributed by atoms with Crippen molar-refractivity contribution in [3.8, 4) is 11.3 Å². The first-order valence-corrected chi connectivity index (χ1v) is 13.9. The average molecular weight is 503 g/mol. The van der Waals surface area contributed by atoms with Gasteiger partial charge in [0.15, 0.2) is 5.13 Å². The van der Waals surface area contributed by atoms with Crippen LogP contribution in [0.25, 0.3) is 11.3 Å². The van der Waals surface area contributed by atoms with Crippen LogP contribution in [-0.4, -0.2) is 51.2 Å². The van der Waals surface area contributed by atoms with Gasteiger partial charge in [0.2, 0.25) is 6.41 Å². The number of aliphatic hydroxyl groups is 1. The molecule has 9 heteroatoms. The second-order valence-corrected chi connectivity index (χ2v) is 10.2. The van der Waals surface area contributed by atoms with E-state index < -0.39 is 0 Å². The van der Waals surface area contributed by atoms with E-state index in [0.717, 1.165) is 24.1 Å². The molecule has 1 saturated carbocycles. The second-order valence-electron chi connectivity index (χ2n) is 7.68. The number of nitrogens with zero attached hydrogens (tertiary/aromatic N) is 2. The van der Waals surface area contributed by atoms with E-state index in [0.29, 0.717) is 23.6 Å². The Morgan fingerprint density at radius 1 is 1.26 bits per heavy atom. The lowest BCUT2D eigenvalue weighted by Gasteiger charge is -2.14. The van der Waals surface area contributed by atoms with Crippen LogP contribution in [0.15, 0.2) is 54.2 Å². The third-order valence-electron chi connectivity index (χ3n) is 4.96. The summed E-state index contributed by atoms with van der Waals surface area (Å²) in [6.07, 6.45) is 12.3. The molecule has 0 radical (unpaired) electrons. The highest BCUT2D eigenvalue weighted by atomic mass is 32.2. The molecule has 7 nitrogen and oxygen atoms in total. The maximum Gasteiger partial charge on any atom is 0.252 e. The van der Waals surface area contributed by atoms with Crippen LogP contribution < -0.4 is 10.6 Å². The maximum absolute atomic E-state index is 11.3. The minimum Gasteiger partial charge on any atom is -0.393 e. The molecule has 1 fully saturated rings. The van der Waals surface area contributed by atoms with E-state index in [9.17, 15) is 9.59 Å². The molecule has 184 valence electrons. The molecule has 1 aliphatic rings. The van der Waals surface area contributed by atoms with Crippen LogP contribution in [0, 0.1) is 0 Å². The Hall–Kier alpha value is -2.75. The molecule has 1 atom stereocenters. The highest BCUT2D eigenvalue weighted by Crippen LogP contribution is 2.24. The van der Waals surface area contributed by atoms with E-state index in [4.69, 9.17) is 5.11 Å². The van der Waals surface area contributed by atoms with Gasteiger partial charge in [-0.25, -0.2) is 4.98 Å². The summed E-state index contributed by atoms with van der Waals surface area (Å²) in [4.78, 5) is 25.8. The van der Waals surface area contributed by atoms with Crippen molar-refractivity contribution in [1.82, 2.24) is 14.3 Å². The van der Waals surface area contributed by atoms with Gasteiger partial charge in [-0.15, -0.1) is 22.0 Å². The standard InChI is InChI=1S/C10H8N2OS.C9H14N2OS.C6H12O/c13-7-11-10-12-9(6-14-10)8-4-2-1-3-5-8;1-4-10-9(12)8-5-6-11(7-8)13(2)3;7-6-4-2-1-3-5-6/h1-7H,(H,11,12,13);5-7H,2,4H2,1,3H3,(H,10,12);6-7H,1-5H2. The Kier molecular flexibility index (Phi) is 12.3. The molecule has 1 aliphatic carbocycles. The molecule has 2 aromatic heterocycles. The summed E-state index contributed by atoms with van der Waals surface area (Å²) in [5, 5.41) is 16.7. The molecule has 0 aliphatic heterocycles. The summed E-state index contributed by atoms with van der Waals surface area (Å²) < 4.78 is 1.94. The fraction of sp³-hybridized carbons (Fsp3) is 0.360. The Balaban J connectivity index is 0.000000190. The molecule has 3 N–H and O–H groups in total. The first kappa shape index (κ1) is 27.5.